The van der Waals surface area contributed by atoms with E-state index < -0.39 is 0 Å². The zero-order chi connectivity index (χ0) is 14.0. The number of nitrogens with zero attached hydrogens (tertiary/aromatic N) is 4. The first kappa shape index (κ1) is 13.3. The third-order valence-electron chi connectivity index (χ3n) is 2.14. The van der Waals surface area contributed by atoms with Crippen LogP contribution in [0.4, 0.5) is 29.0 Å². The highest BCUT2D eigenvalue weighted by molar-refractivity contribution is 6.38. The summed E-state index contributed by atoms with van der Waals surface area (Å²) in [6.45, 7) is 0. The maximum Gasteiger partial charge on any atom is 0.224 e. The maximum absolute atomic E-state index is 5.95. The summed E-state index contributed by atoms with van der Waals surface area (Å²) in [6.07, 6.45) is 0. The number of nitrogen functional groups attached to an aromatic ring is 3. The lowest BCUT2D eigenvalue weighted by molar-refractivity contribution is 1.15. The first-order valence-electron chi connectivity index (χ1n) is 5.03. The topological polar surface area (TPSA) is 129 Å². The minimum Gasteiger partial charge on any atom is -0.382 e. The van der Waals surface area contributed by atoms with Crippen molar-refractivity contribution in [3.05, 3.63) is 28.2 Å². The van der Waals surface area contributed by atoms with Gasteiger partial charge >= 0.3 is 0 Å². The Hall–Kier alpha value is -2.12. The number of azo groups is 1. The lowest BCUT2D eigenvalue weighted by atomic mass is 10.3. The number of rotatable bonds is 2. The van der Waals surface area contributed by atoms with Crippen LogP contribution in [0.25, 0.3) is 0 Å². The Morgan fingerprint density at radius 3 is 1.84 bits per heavy atom. The Labute approximate surface area is 118 Å². The van der Waals surface area contributed by atoms with Gasteiger partial charge in [-0.2, -0.15) is 9.97 Å². The first-order chi connectivity index (χ1) is 8.99. The van der Waals surface area contributed by atoms with E-state index in [0.29, 0.717) is 15.7 Å². The van der Waals surface area contributed by atoms with Crippen LogP contribution in [0.2, 0.25) is 10.0 Å². The van der Waals surface area contributed by atoms with E-state index in [0.717, 1.165) is 0 Å². The largest absolute Gasteiger partial charge is 0.382 e. The second-order valence-corrected chi connectivity index (χ2v) is 4.29. The molecule has 0 fully saturated rings. The number of hydrogen-bond acceptors (Lipinski definition) is 7. The Bertz CT molecular complexity index is 613. The molecule has 0 aliphatic heterocycles. The quantitative estimate of drug-likeness (QED) is 0.734. The molecule has 1 aromatic heterocycles. The van der Waals surface area contributed by atoms with Crippen molar-refractivity contribution in [1.29, 1.82) is 0 Å². The van der Waals surface area contributed by atoms with Gasteiger partial charge in [-0.25, -0.2) is 0 Å². The van der Waals surface area contributed by atoms with E-state index in [2.05, 4.69) is 20.2 Å². The van der Waals surface area contributed by atoms with Gasteiger partial charge in [-0.15, -0.1) is 10.2 Å². The number of anilines is 3. The smallest absolute Gasteiger partial charge is 0.224 e. The zero-order valence-electron chi connectivity index (χ0n) is 9.51. The number of nitrogens with two attached hydrogens (primary N) is 3. The van der Waals surface area contributed by atoms with Gasteiger partial charge in [0.15, 0.2) is 17.3 Å². The average molecular weight is 298 g/mol. The number of hydrogen-bond donors (Lipinski definition) is 3. The summed E-state index contributed by atoms with van der Waals surface area (Å²) in [5.41, 5.74) is 17.1. The van der Waals surface area contributed by atoms with Crippen molar-refractivity contribution in [2.75, 3.05) is 17.2 Å². The fourth-order valence-electron chi connectivity index (χ4n) is 1.30. The van der Waals surface area contributed by atoms with Crippen molar-refractivity contribution in [2.45, 2.75) is 0 Å². The minimum absolute atomic E-state index is 0.0249. The summed E-state index contributed by atoms with van der Waals surface area (Å²) in [5.74, 6) is 0.0126. The molecule has 0 bridgehead atoms. The second-order valence-electron chi connectivity index (χ2n) is 3.47. The predicted octanol–water partition coefficient (Wildman–Crippen LogP) is 2.95. The SMILES string of the molecule is Nc1nc(N)c(N=Nc2c(Cl)cccc2Cl)c(N)n1. The molecule has 0 spiro atoms. The van der Waals surface area contributed by atoms with Crippen molar-refractivity contribution in [3.63, 3.8) is 0 Å². The summed E-state index contributed by atoms with van der Waals surface area (Å²) in [5, 5.41) is 8.47. The molecular formula is C10H9Cl2N7. The van der Waals surface area contributed by atoms with Gasteiger partial charge in [-0.05, 0) is 12.1 Å². The summed E-state index contributed by atoms with van der Waals surface area (Å²) < 4.78 is 0. The average Bonchev–Trinajstić information content (AvgIpc) is 2.31. The van der Waals surface area contributed by atoms with Crippen LogP contribution in [0.15, 0.2) is 28.4 Å². The molecule has 0 aliphatic rings. The van der Waals surface area contributed by atoms with Gasteiger partial charge in [0.25, 0.3) is 0 Å². The molecule has 0 aliphatic carbocycles. The molecule has 98 valence electrons. The van der Waals surface area contributed by atoms with E-state index in [9.17, 15) is 0 Å². The molecule has 0 radical (unpaired) electrons. The van der Waals surface area contributed by atoms with Gasteiger partial charge in [-0.3, -0.25) is 0 Å². The molecule has 1 heterocycles. The number of benzene rings is 1. The van der Waals surface area contributed by atoms with Gasteiger partial charge in [0, 0.05) is 0 Å². The molecule has 0 unspecified atom stereocenters. The van der Waals surface area contributed by atoms with E-state index in [1.165, 1.54) is 0 Å². The van der Waals surface area contributed by atoms with Crippen molar-refractivity contribution in [3.8, 4) is 0 Å². The highest BCUT2D eigenvalue weighted by atomic mass is 35.5. The van der Waals surface area contributed by atoms with Crippen molar-refractivity contribution in [1.82, 2.24) is 9.97 Å². The molecule has 0 saturated heterocycles. The molecule has 7 nitrogen and oxygen atoms in total. The van der Waals surface area contributed by atoms with Crippen LogP contribution >= 0.6 is 23.2 Å². The van der Waals surface area contributed by atoms with Crippen molar-refractivity contribution >= 4 is 52.2 Å². The number of aromatic nitrogens is 2. The molecule has 2 aromatic rings. The first-order valence-corrected chi connectivity index (χ1v) is 5.79. The van der Waals surface area contributed by atoms with Gasteiger partial charge in [0.2, 0.25) is 5.95 Å². The molecule has 0 atom stereocenters. The Kier molecular flexibility index (Phi) is 3.68. The molecular weight excluding hydrogens is 289 g/mol. The Balaban J connectivity index is 2.44. The molecule has 1 aromatic carbocycles. The molecule has 19 heavy (non-hydrogen) atoms. The highest BCUT2D eigenvalue weighted by Gasteiger charge is 2.09. The lowest BCUT2D eigenvalue weighted by Crippen LogP contribution is -2.03. The number of halogens is 2. The maximum atomic E-state index is 5.95. The van der Waals surface area contributed by atoms with Gasteiger partial charge in [0.05, 0.1) is 10.0 Å². The van der Waals surface area contributed by atoms with E-state index in [1.807, 2.05) is 0 Å². The second kappa shape index (κ2) is 5.25. The lowest BCUT2D eigenvalue weighted by Gasteiger charge is -2.03. The Morgan fingerprint density at radius 1 is 0.842 bits per heavy atom. The summed E-state index contributed by atoms with van der Waals surface area (Å²) in [7, 11) is 0. The molecule has 6 N–H and O–H groups in total. The van der Waals surface area contributed by atoms with Gasteiger partial charge in [-0.1, -0.05) is 29.3 Å². The molecule has 0 saturated carbocycles. The van der Waals surface area contributed by atoms with Gasteiger partial charge < -0.3 is 17.2 Å². The van der Waals surface area contributed by atoms with Crippen LogP contribution in [-0.4, -0.2) is 9.97 Å². The normalized spacial score (nSPS) is 11.1. The minimum atomic E-state index is -0.0373. The Morgan fingerprint density at radius 2 is 1.32 bits per heavy atom. The van der Waals surface area contributed by atoms with Crippen LogP contribution < -0.4 is 17.2 Å². The van der Waals surface area contributed by atoms with Crippen LogP contribution in [0, 0.1) is 0 Å². The van der Waals surface area contributed by atoms with Crippen molar-refractivity contribution in [2.24, 2.45) is 10.2 Å². The summed E-state index contributed by atoms with van der Waals surface area (Å²) >= 11 is 11.9. The third-order valence-corrected chi connectivity index (χ3v) is 2.75. The third kappa shape index (κ3) is 2.83. The van der Waals surface area contributed by atoms with Crippen LogP contribution in [0.3, 0.4) is 0 Å². The molecule has 0 amide bonds. The van der Waals surface area contributed by atoms with E-state index >= 15 is 0 Å². The fourth-order valence-corrected chi connectivity index (χ4v) is 1.77. The van der Waals surface area contributed by atoms with Crippen LogP contribution in [-0.2, 0) is 0 Å². The fraction of sp³-hybridized carbons (Fsp3) is 0. The highest BCUT2D eigenvalue weighted by Crippen LogP contribution is 2.35. The molecule has 9 heteroatoms. The zero-order valence-corrected chi connectivity index (χ0v) is 11.0. The van der Waals surface area contributed by atoms with Gasteiger partial charge in [0.1, 0.15) is 5.69 Å². The molecule has 2 rings (SSSR count). The van der Waals surface area contributed by atoms with Crippen LogP contribution in [0.1, 0.15) is 0 Å². The predicted molar refractivity (Wildman–Crippen MR) is 75.9 cm³/mol. The summed E-state index contributed by atoms with van der Waals surface area (Å²) in [4.78, 5) is 7.47. The van der Waals surface area contributed by atoms with E-state index in [4.69, 9.17) is 40.4 Å². The monoisotopic (exact) mass is 297 g/mol. The van der Waals surface area contributed by atoms with E-state index in [1.54, 1.807) is 18.2 Å². The van der Waals surface area contributed by atoms with Crippen LogP contribution in [0.5, 0.6) is 0 Å². The van der Waals surface area contributed by atoms with E-state index in [-0.39, 0.29) is 23.3 Å². The van der Waals surface area contributed by atoms with Crippen molar-refractivity contribution < 1.29 is 0 Å². The standard InChI is InChI=1S/C10H9Cl2N7/c11-4-2-1-3-5(12)6(4)18-19-7-8(13)16-10(15)17-9(7)14/h1-3H,(H6,13,14,15,16,17). The summed E-state index contributed by atoms with van der Waals surface area (Å²) in [6, 6.07) is 4.96.